The number of carbonyl (C=O) groups excluding carboxylic acids is 1. The Morgan fingerprint density at radius 3 is 2.67 bits per heavy atom. The Balaban J connectivity index is 3.65. The molecule has 0 saturated heterocycles. The van der Waals surface area contributed by atoms with Crippen LogP contribution >= 0.6 is 0 Å². The molecule has 0 aliphatic heterocycles. The number of unbranched alkanes of at least 4 members (excludes halogenated alkanes) is 1. The van der Waals surface area contributed by atoms with Crippen molar-refractivity contribution < 1.29 is 24.5 Å². The van der Waals surface area contributed by atoms with Crippen LogP contribution in [0, 0.1) is 0 Å². The molecule has 0 bridgehead atoms. The van der Waals surface area contributed by atoms with Gasteiger partial charge in [0.25, 0.3) is 0 Å². The SMILES string of the molecule is C=C(OCC(O)CO)C(=O)OCCCC. The van der Waals surface area contributed by atoms with Crippen LogP contribution in [0.2, 0.25) is 0 Å². The van der Waals surface area contributed by atoms with Crippen molar-refractivity contribution in [2.45, 2.75) is 25.9 Å². The standard InChI is InChI=1S/C10H18O5/c1-3-4-5-14-10(13)8(2)15-7-9(12)6-11/h9,11-12H,2-7H2,1H3. The Morgan fingerprint density at radius 2 is 2.13 bits per heavy atom. The second-order valence-corrected chi connectivity index (χ2v) is 3.06. The zero-order valence-electron chi connectivity index (χ0n) is 8.94. The van der Waals surface area contributed by atoms with Crippen molar-refractivity contribution in [1.29, 1.82) is 0 Å². The van der Waals surface area contributed by atoms with Crippen molar-refractivity contribution in [1.82, 2.24) is 0 Å². The minimum absolute atomic E-state index is 0.154. The number of carbonyl (C=O) groups is 1. The van der Waals surface area contributed by atoms with E-state index in [-0.39, 0.29) is 12.4 Å². The largest absolute Gasteiger partial charge is 0.484 e. The molecule has 0 aromatic rings. The molecule has 0 aliphatic rings. The molecular weight excluding hydrogens is 200 g/mol. The molecular formula is C10H18O5. The van der Waals surface area contributed by atoms with Crippen molar-refractivity contribution in [3.05, 3.63) is 12.3 Å². The van der Waals surface area contributed by atoms with E-state index in [4.69, 9.17) is 19.7 Å². The summed E-state index contributed by atoms with van der Waals surface area (Å²) in [6.45, 7) is 5.08. The van der Waals surface area contributed by atoms with Crippen LogP contribution < -0.4 is 0 Å². The average molecular weight is 218 g/mol. The van der Waals surface area contributed by atoms with Gasteiger partial charge >= 0.3 is 5.97 Å². The number of ether oxygens (including phenoxy) is 2. The Labute approximate surface area is 89.3 Å². The van der Waals surface area contributed by atoms with Crippen LogP contribution in [0.5, 0.6) is 0 Å². The fraction of sp³-hybridized carbons (Fsp3) is 0.700. The van der Waals surface area contributed by atoms with Gasteiger partial charge in [-0.25, -0.2) is 4.79 Å². The second-order valence-electron chi connectivity index (χ2n) is 3.06. The van der Waals surface area contributed by atoms with Gasteiger partial charge in [0.15, 0.2) is 5.76 Å². The smallest absolute Gasteiger partial charge is 0.372 e. The van der Waals surface area contributed by atoms with Crippen molar-refractivity contribution in [2.24, 2.45) is 0 Å². The van der Waals surface area contributed by atoms with Gasteiger partial charge in [-0.3, -0.25) is 0 Å². The first-order chi connectivity index (χ1) is 7.11. The molecule has 88 valence electrons. The zero-order valence-corrected chi connectivity index (χ0v) is 8.94. The predicted octanol–water partition coefficient (Wildman–Crippen LogP) is 0.213. The number of hydrogen-bond acceptors (Lipinski definition) is 5. The van der Waals surface area contributed by atoms with Crippen LogP contribution in [0.3, 0.4) is 0 Å². The highest BCUT2D eigenvalue weighted by molar-refractivity contribution is 5.85. The van der Waals surface area contributed by atoms with Crippen LogP contribution in [0.1, 0.15) is 19.8 Å². The Kier molecular flexibility index (Phi) is 7.67. The zero-order chi connectivity index (χ0) is 11.7. The molecule has 0 heterocycles. The van der Waals surface area contributed by atoms with Gasteiger partial charge in [0.05, 0.1) is 13.2 Å². The van der Waals surface area contributed by atoms with Gasteiger partial charge in [0.1, 0.15) is 12.7 Å². The maximum absolute atomic E-state index is 11.1. The third-order valence-corrected chi connectivity index (χ3v) is 1.62. The maximum Gasteiger partial charge on any atom is 0.372 e. The molecule has 0 spiro atoms. The first-order valence-electron chi connectivity index (χ1n) is 4.89. The highest BCUT2D eigenvalue weighted by Gasteiger charge is 2.11. The number of rotatable bonds is 8. The predicted molar refractivity (Wildman–Crippen MR) is 54.1 cm³/mol. The van der Waals surface area contributed by atoms with E-state index in [1.165, 1.54) is 0 Å². The summed E-state index contributed by atoms with van der Waals surface area (Å²) in [6.07, 6.45) is 0.715. The molecule has 0 rings (SSSR count). The van der Waals surface area contributed by atoms with E-state index in [2.05, 4.69) is 6.58 Å². The highest BCUT2D eigenvalue weighted by atomic mass is 16.6. The summed E-state index contributed by atoms with van der Waals surface area (Å²) < 4.78 is 9.61. The van der Waals surface area contributed by atoms with Crippen LogP contribution in [-0.2, 0) is 14.3 Å². The van der Waals surface area contributed by atoms with Gasteiger partial charge < -0.3 is 19.7 Å². The van der Waals surface area contributed by atoms with E-state index in [0.717, 1.165) is 12.8 Å². The summed E-state index contributed by atoms with van der Waals surface area (Å²) >= 11 is 0. The lowest BCUT2D eigenvalue weighted by molar-refractivity contribution is -0.143. The summed E-state index contributed by atoms with van der Waals surface area (Å²) in [6, 6.07) is 0. The normalized spacial score (nSPS) is 11.9. The van der Waals surface area contributed by atoms with Crippen molar-refractivity contribution in [3.8, 4) is 0 Å². The monoisotopic (exact) mass is 218 g/mol. The first-order valence-corrected chi connectivity index (χ1v) is 4.89. The third kappa shape index (κ3) is 6.93. The van der Waals surface area contributed by atoms with Gasteiger partial charge in [0.2, 0.25) is 0 Å². The topological polar surface area (TPSA) is 76.0 Å². The summed E-state index contributed by atoms with van der Waals surface area (Å²) in [5.74, 6) is -0.785. The van der Waals surface area contributed by atoms with Gasteiger partial charge in [-0.2, -0.15) is 0 Å². The number of hydrogen-bond donors (Lipinski definition) is 2. The fourth-order valence-corrected chi connectivity index (χ4v) is 0.698. The lowest BCUT2D eigenvalue weighted by Gasteiger charge is -2.11. The second kappa shape index (κ2) is 8.26. The number of esters is 1. The van der Waals surface area contributed by atoms with Crippen LogP contribution in [0.15, 0.2) is 12.3 Å². The Morgan fingerprint density at radius 1 is 1.47 bits per heavy atom. The minimum atomic E-state index is -1.01. The van der Waals surface area contributed by atoms with E-state index in [0.29, 0.717) is 6.61 Å². The summed E-state index contributed by atoms with van der Waals surface area (Å²) in [5.41, 5.74) is 0. The van der Waals surface area contributed by atoms with Gasteiger partial charge in [-0.15, -0.1) is 0 Å². The van der Waals surface area contributed by atoms with Crippen LogP contribution in [0.4, 0.5) is 0 Å². The summed E-state index contributed by atoms with van der Waals surface area (Å²) in [5, 5.41) is 17.4. The number of aliphatic hydroxyl groups excluding tert-OH is 2. The molecule has 0 amide bonds. The van der Waals surface area contributed by atoms with Crippen molar-refractivity contribution in [2.75, 3.05) is 19.8 Å². The van der Waals surface area contributed by atoms with Gasteiger partial charge in [0, 0.05) is 0 Å². The molecule has 1 atom stereocenters. The van der Waals surface area contributed by atoms with E-state index < -0.39 is 18.7 Å². The molecule has 2 N–H and O–H groups in total. The molecule has 0 aliphatic carbocycles. The van der Waals surface area contributed by atoms with E-state index >= 15 is 0 Å². The van der Waals surface area contributed by atoms with Crippen molar-refractivity contribution >= 4 is 5.97 Å². The maximum atomic E-state index is 11.1. The van der Waals surface area contributed by atoms with Gasteiger partial charge in [-0.1, -0.05) is 13.3 Å². The van der Waals surface area contributed by atoms with Crippen LogP contribution in [0.25, 0.3) is 0 Å². The molecule has 0 fully saturated rings. The van der Waals surface area contributed by atoms with E-state index in [9.17, 15) is 4.79 Å². The molecule has 1 unspecified atom stereocenters. The molecule has 5 heteroatoms. The van der Waals surface area contributed by atoms with E-state index in [1.807, 2.05) is 6.92 Å². The average Bonchev–Trinajstić information content (AvgIpc) is 2.25. The molecule has 0 aromatic heterocycles. The molecule has 0 aromatic carbocycles. The van der Waals surface area contributed by atoms with E-state index in [1.54, 1.807) is 0 Å². The minimum Gasteiger partial charge on any atom is -0.484 e. The van der Waals surface area contributed by atoms with Crippen LogP contribution in [-0.4, -0.2) is 42.1 Å². The lowest BCUT2D eigenvalue weighted by Crippen LogP contribution is -2.21. The van der Waals surface area contributed by atoms with Crippen molar-refractivity contribution in [3.63, 3.8) is 0 Å². The Bertz CT molecular complexity index is 202. The fourth-order valence-electron chi connectivity index (χ4n) is 0.698. The molecule has 0 saturated carbocycles. The van der Waals surface area contributed by atoms with Gasteiger partial charge in [-0.05, 0) is 13.0 Å². The quantitative estimate of drug-likeness (QED) is 0.264. The summed E-state index contributed by atoms with van der Waals surface area (Å²) in [7, 11) is 0. The Hall–Kier alpha value is -1.07. The highest BCUT2D eigenvalue weighted by Crippen LogP contribution is 2.00. The molecule has 15 heavy (non-hydrogen) atoms. The first kappa shape index (κ1) is 13.9. The summed E-state index contributed by atoms with van der Waals surface area (Å²) in [4.78, 5) is 11.1. The molecule has 5 nitrogen and oxygen atoms in total. The molecule has 0 radical (unpaired) electrons. The lowest BCUT2D eigenvalue weighted by atomic mass is 10.4. The third-order valence-electron chi connectivity index (χ3n) is 1.62. The number of aliphatic hydroxyl groups is 2.